The van der Waals surface area contributed by atoms with Gasteiger partial charge in [-0.05, 0) is 37.4 Å². The first-order valence-corrected chi connectivity index (χ1v) is 7.76. The van der Waals surface area contributed by atoms with Gasteiger partial charge in [0.15, 0.2) is 6.29 Å². The topological polar surface area (TPSA) is 38.8 Å². The summed E-state index contributed by atoms with van der Waals surface area (Å²) in [6.07, 6.45) is 3.46. The van der Waals surface area contributed by atoms with Gasteiger partial charge in [-0.2, -0.15) is 0 Å². The smallest absolute Gasteiger partial charge is 0.153 e. The third-order valence-corrected chi connectivity index (χ3v) is 3.82. The van der Waals surface area contributed by atoms with Crippen LogP contribution < -0.4 is 4.74 Å². The molecule has 0 amide bonds. The Morgan fingerprint density at radius 1 is 1.29 bits per heavy atom. The molecule has 1 aromatic rings. The van der Waals surface area contributed by atoms with Crippen molar-refractivity contribution < 1.29 is 14.3 Å². The number of para-hydroxylation sites is 1. The lowest BCUT2D eigenvalue weighted by atomic mass is 10.0. The van der Waals surface area contributed by atoms with Gasteiger partial charge in [0, 0.05) is 13.1 Å². The summed E-state index contributed by atoms with van der Waals surface area (Å²) in [7, 11) is 0. The zero-order valence-electron chi connectivity index (χ0n) is 12.8. The Morgan fingerprint density at radius 3 is 2.95 bits per heavy atom. The zero-order chi connectivity index (χ0) is 14.9. The van der Waals surface area contributed by atoms with Crippen LogP contribution in [0.3, 0.4) is 0 Å². The van der Waals surface area contributed by atoms with Crippen molar-refractivity contribution in [3.8, 4) is 5.75 Å². The maximum absolute atomic E-state index is 10.8. The number of ether oxygens (including phenoxy) is 2. The molecular weight excluding hydrogens is 266 g/mol. The predicted molar refractivity (Wildman–Crippen MR) is 83.0 cm³/mol. The second-order valence-electron chi connectivity index (χ2n) is 5.66. The van der Waals surface area contributed by atoms with E-state index in [0.29, 0.717) is 24.5 Å². The Balaban J connectivity index is 1.57. The van der Waals surface area contributed by atoms with E-state index in [-0.39, 0.29) is 0 Å². The molecule has 2 rings (SSSR count). The molecule has 1 atom stereocenters. The fourth-order valence-electron chi connectivity index (χ4n) is 2.71. The van der Waals surface area contributed by atoms with Crippen molar-refractivity contribution in [1.82, 2.24) is 4.90 Å². The molecule has 1 aliphatic rings. The van der Waals surface area contributed by atoms with E-state index in [1.165, 1.54) is 25.9 Å². The van der Waals surface area contributed by atoms with E-state index in [4.69, 9.17) is 9.47 Å². The maximum atomic E-state index is 10.8. The highest BCUT2D eigenvalue weighted by molar-refractivity contribution is 5.79. The first-order chi connectivity index (χ1) is 10.3. The molecule has 4 nitrogen and oxygen atoms in total. The van der Waals surface area contributed by atoms with Gasteiger partial charge in [0.1, 0.15) is 12.4 Å². The molecule has 0 aliphatic carbocycles. The van der Waals surface area contributed by atoms with E-state index in [1.54, 1.807) is 12.1 Å². The molecule has 0 radical (unpaired) electrons. The number of hydrogen-bond donors (Lipinski definition) is 0. The molecule has 1 aromatic carbocycles. The first kappa shape index (κ1) is 16.0. The summed E-state index contributed by atoms with van der Waals surface area (Å²) in [4.78, 5) is 13.3. The first-order valence-electron chi connectivity index (χ1n) is 7.76. The van der Waals surface area contributed by atoms with Crippen LogP contribution in [0.1, 0.15) is 30.1 Å². The van der Waals surface area contributed by atoms with Gasteiger partial charge >= 0.3 is 0 Å². The molecule has 1 fully saturated rings. The summed E-state index contributed by atoms with van der Waals surface area (Å²) in [5.74, 6) is 1.43. The minimum Gasteiger partial charge on any atom is -0.490 e. The summed E-state index contributed by atoms with van der Waals surface area (Å²) in [5, 5.41) is 0. The number of aldehydes is 1. The van der Waals surface area contributed by atoms with Crippen LogP contribution in [0, 0.1) is 5.92 Å². The van der Waals surface area contributed by atoms with Crippen molar-refractivity contribution in [3.05, 3.63) is 29.8 Å². The molecule has 0 unspecified atom stereocenters. The van der Waals surface area contributed by atoms with Gasteiger partial charge in [0.25, 0.3) is 0 Å². The fraction of sp³-hybridized carbons (Fsp3) is 0.588. The van der Waals surface area contributed by atoms with Crippen molar-refractivity contribution in [1.29, 1.82) is 0 Å². The van der Waals surface area contributed by atoms with E-state index in [2.05, 4.69) is 11.8 Å². The van der Waals surface area contributed by atoms with Crippen LogP contribution in [-0.2, 0) is 4.74 Å². The Hall–Kier alpha value is -1.39. The molecule has 1 aliphatic heterocycles. The number of piperidine rings is 1. The zero-order valence-corrected chi connectivity index (χ0v) is 12.8. The number of nitrogens with zero attached hydrogens (tertiary/aromatic N) is 1. The number of hydrogen-bond acceptors (Lipinski definition) is 4. The van der Waals surface area contributed by atoms with E-state index in [1.807, 2.05) is 12.1 Å². The summed E-state index contributed by atoms with van der Waals surface area (Å²) < 4.78 is 11.2. The summed E-state index contributed by atoms with van der Waals surface area (Å²) in [5.41, 5.74) is 0.583. The second-order valence-corrected chi connectivity index (χ2v) is 5.66. The molecule has 0 aromatic heterocycles. The van der Waals surface area contributed by atoms with E-state index < -0.39 is 0 Å². The van der Waals surface area contributed by atoms with Crippen LogP contribution in [-0.4, -0.2) is 50.6 Å². The maximum Gasteiger partial charge on any atom is 0.153 e. The number of benzene rings is 1. The van der Waals surface area contributed by atoms with Gasteiger partial charge in [0.2, 0.25) is 0 Å². The molecule has 1 heterocycles. The number of carbonyl (C=O) groups is 1. The Kier molecular flexibility index (Phi) is 6.70. The third-order valence-electron chi connectivity index (χ3n) is 3.82. The Labute approximate surface area is 127 Å². The van der Waals surface area contributed by atoms with E-state index in [0.717, 1.165) is 25.4 Å². The van der Waals surface area contributed by atoms with Crippen LogP contribution in [0.5, 0.6) is 5.75 Å². The standard InChI is InChI=1S/C17H25NO3/c1-15-5-4-8-18(13-15)9-10-20-11-12-21-17-7-3-2-6-16(17)14-19/h2-3,6-7,14-15H,4-5,8-13H2,1H3/t15-/m1/s1. The van der Waals surface area contributed by atoms with Crippen LogP contribution in [0.25, 0.3) is 0 Å². The lowest BCUT2D eigenvalue weighted by molar-refractivity contribution is 0.0686. The molecule has 1 saturated heterocycles. The van der Waals surface area contributed by atoms with Gasteiger partial charge in [0.05, 0.1) is 18.8 Å². The van der Waals surface area contributed by atoms with Gasteiger partial charge in [-0.1, -0.05) is 19.1 Å². The molecular formula is C17H25NO3. The quantitative estimate of drug-likeness (QED) is 0.545. The molecule has 21 heavy (non-hydrogen) atoms. The SMILES string of the molecule is C[C@@H]1CCCN(CCOCCOc2ccccc2C=O)C1. The number of likely N-dealkylation sites (tertiary alicyclic amines) is 1. The van der Waals surface area contributed by atoms with Crippen LogP contribution in [0.4, 0.5) is 0 Å². The van der Waals surface area contributed by atoms with Crippen molar-refractivity contribution in [3.63, 3.8) is 0 Å². The van der Waals surface area contributed by atoms with E-state index >= 15 is 0 Å². The van der Waals surface area contributed by atoms with Crippen LogP contribution in [0.15, 0.2) is 24.3 Å². The Bertz CT molecular complexity index is 436. The van der Waals surface area contributed by atoms with Gasteiger partial charge in [-0.3, -0.25) is 4.79 Å². The molecule has 0 spiro atoms. The predicted octanol–water partition coefficient (Wildman–Crippen LogP) is 2.63. The van der Waals surface area contributed by atoms with Gasteiger partial charge in [-0.15, -0.1) is 0 Å². The van der Waals surface area contributed by atoms with Crippen molar-refractivity contribution >= 4 is 6.29 Å². The molecule has 116 valence electrons. The summed E-state index contributed by atoms with van der Waals surface area (Å²) in [6, 6.07) is 7.24. The van der Waals surface area contributed by atoms with E-state index in [9.17, 15) is 4.79 Å². The van der Waals surface area contributed by atoms with Crippen molar-refractivity contribution in [2.45, 2.75) is 19.8 Å². The normalized spacial score (nSPS) is 19.4. The van der Waals surface area contributed by atoms with Gasteiger partial charge < -0.3 is 14.4 Å². The highest BCUT2D eigenvalue weighted by atomic mass is 16.5. The minimum absolute atomic E-state index is 0.473. The highest BCUT2D eigenvalue weighted by Gasteiger charge is 2.15. The highest BCUT2D eigenvalue weighted by Crippen LogP contribution is 2.16. The van der Waals surface area contributed by atoms with Crippen LogP contribution in [0.2, 0.25) is 0 Å². The fourth-order valence-corrected chi connectivity index (χ4v) is 2.71. The second kappa shape index (κ2) is 8.80. The van der Waals surface area contributed by atoms with Crippen molar-refractivity contribution in [2.75, 3.05) is 39.5 Å². The van der Waals surface area contributed by atoms with Gasteiger partial charge in [-0.25, -0.2) is 0 Å². The molecule has 0 saturated carbocycles. The summed E-state index contributed by atoms with van der Waals surface area (Å²) >= 11 is 0. The minimum atomic E-state index is 0.473. The number of rotatable bonds is 8. The third kappa shape index (κ3) is 5.48. The molecule has 0 bridgehead atoms. The monoisotopic (exact) mass is 291 g/mol. The summed E-state index contributed by atoms with van der Waals surface area (Å²) in [6.45, 7) is 7.45. The lowest BCUT2D eigenvalue weighted by Gasteiger charge is -2.30. The average Bonchev–Trinajstić information content (AvgIpc) is 2.51. The number of carbonyl (C=O) groups excluding carboxylic acids is 1. The molecule has 4 heteroatoms. The van der Waals surface area contributed by atoms with Crippen LogP contribution >= 0.6 is 0 Å². The largest absolute Gasteiger partial charge is 0.490 e. The Morgan fingerprint density at radius 2 is 2.14 bits per heavy atom. The average molecular weight is 291 g/mol. The van der Waals surface area contributed by atoms with Crippen molar-refractivity contribution in [2.24, 2.45) is 5.92 Å². The lowest BCUT2D eigenvalue weighted by Crippen LogP contribution is -2.36. The molecule has 0 N–H and O–H groups in total.